The van der Waals surface area contributed by atoms with Gasteiger partial charge in [-0.25, -0.2) is 13.1 Å². The van der Waals surface area contributed by atoms with Gasteiger partial charge in [0.2, 0.25) is 10.0 Å². The zero-order valence-corrected chi connectivity index (χ0v) is 12.9. The van der Waals surface area contributed by atoms with Crippen molar-refractivity contribution in [2.45, 2.75) is 30.2 Å². The molecule has 6 heteroatoms. The molecule has 1 saturated heterocycles. The highest BCUT2D eigenvalue weighted by Crippen LogP contribution is 2.22. The van der Waals surface area contributed by atoms with Gasteiger partial charge in [0, 0.05) is 12.6 Å². The maximum absolute atomic E-state index is 12.0. The fraction of sp³-hybridized carbons (Fsp3) is 0.571. The number of anilines is 1. The van der Waals surface area contributed by atoms with Crippen molar-refractivity contribution < 1.29 is 8.42 Å². The number of sulfonamides is 1. The van der Waals surface area contributed by atoms with E-state index in [0.717, 1.165) is 19.5 Å². The molecule has 112 valence electrons. The normalized spacial score (nSPS) is 20.8. The lowest BCUT2D eigenvalue weighted by Gasteiger charge is -2.32. The van der Waals surface area contributed by atoms with Gasteiger partial charge in [0.05, 0.1) is 5.69 Å². The van der Waals surface area contributed by atoms with E-state index in [1.165, 1.54) is 19.9 Å². The highest BCUT2D eigenvalue weighted by Gasteiger charge is 2.20. The molecule has 1 heterocycles. The molecule has 5 nitrogen and oxygen atoms in total. The first-order chi connectivity index (χ1) is 9.54. The van der Waals surface area contributed by atoms with Crippen LogP contribution in [-0.2, 0) is 10.0 Å². The van der Waals surface area contributed by atoms with Crippen LogP contribution in [0.15, 0.2) is 29.2 Å². The first-order valence-corrected chi connectivity index (χ1v) is 8.49. The van der Waals surface area contributed by atoms with E-state index in [4.69, 9.17) is 0 Å². The molecule has 2 rings (SSSR count). The third kappa shape index (κ3) is 3.50. The van der Waals surface area contributed by atoms with Crippen LogP contribution in [0.4, 0.5) is 5.69 Å². The molecule has 0 radical (unpaired) electrons. The quantitative estimate of drug-likeness (QED) is 0.864. The largest absolute Gasteiger partial charge is 0.382 e. The minimum absolute atomic E-state index is 0.306. The van der Waals surface area contributed by atoms with E-state index >= 15 is 0 Å². The van der Waals surface area contributed by atoms with Crippen LogP contribution < -0.4 is 10.0 Å². The van der Waals surface area contributed by atoms with Gasteiger partial charge < -0.3 is 10.2 Å². The van der Waals surface area contributed by atoms with Crippen LogP contribution in [-0.4, -0.2) is 46.5 Å². The standard InChI is InChI=1S/C14H23N3O2S/c1-15-20(18,19)14-9-4-3-8-13(14)16-11-12-7-5-6-10-17(12)2/h3-4,8-9,12,15-16H,5-7,10-11H2,1-2H3. The molecule has 1 aromatic rings. The number of hydrogen-bond donors (Lipinski definition) is 2. The second-order valence-electron chi connectivity index (χ2n) is 5.21. The number of piperidine rings is 1. The van der Waals surface area contributed by atoms with Crippen LogP contribution in [0.3, 0.4) is 0 Å². The zero-order chi connectivity index (χ0) is 14.6. The van der Waals surface area contributed by atoms with Gasteiger partial charge in [0.25, 0.3) is 0 Å². The number of likely N-dealkylation sites (N-methyl/N-ethyl adjacent to an activating group) is 1. The molecule has 0 amide bonds. The smallest absolute Gasteiger partial charge is 0.242 e. The Morgan fingerprint density at radius 1 is 1.30 bits per heavy atom. The van der Waals surface area contributed by atoms with E-state index in [2.05, 4.69) is 22.0 Å². The molecule has 20 heavy (non-hydrogen) atoms. The van der Waals surface area contributed by atoms with Gasteiger partial charge in [0.15, 0.2) is 0 Å². The molecule has 0 saturated carbocycles. The third-order valence-electron chi connectivity index (χ3n) is 3.89. The van der Waals surface area contributed by atoms with Crippen LogP contribution in [0.2, 0.25) is 0 Å². The summed E-state index contributed by atoms with van der Waals surface area (Å²) >= 11 is 0. The monoisotopic (exact) mass is 297 g/mol. The zero-order valence-electron chi connectivity index (χ0n) is 12.1. The molecular formula is C14H23N3O2S. The number of rotatable bonds is 5. The molecule has 1 aromatic carbocycles. The van der Waals surface area contributed by atoms with Gasteiger partial charge in [0.1, 0.15) is 4.90 Å². The fourth-order valence-electron chi connectivity index (χ4n) is 2.59. The molecule has 0 bridgehead atoms. The minimum Gasteiger partial charge on any atom is -0.382 e. The molecule has 1 aliphatic rings. The van der Waals surface area contributed by atoms with Crippen molar-refractivity contribution >= 4 is 15.7 Å². The Hall–Kier alpha value is -1.11. The minimum atomic E-state index is -3.42. The van der Waals surface area contributed by atoms with Crippen molar-refractivity contribution in [1.82, 2.24) is 9.62 Å². The van der Waals surface area contributed by atoms with Crippen molar-refractivity contribution in [2.24, 2.45) is 0 Å². The lowest BCUT2D eigenvalue weighted by Crippen LogP contribution is -2.41. The predicted molar refractivity (Wildman–Crippen MR) is 81.4 cm³/mol. The summed E-state index contributed by atoms with van der Waals surface area (Å²) in [4.78, 5) is 2.65. The highest BCUT2D eigenvalue weighted by molar-refractivity contribution is 7.89. The van der Waals surface area contributed by atoms with Crippen molar-refractivity contribution in [3.05, 3.63) is 24.3 Å². The molecule has 1 aliphatic heterocycles. The van der Waals surface area contributed by atoms with Crippen molar-refractivity contribution in [3.63, 3.8) is 0 Å². The summed E-state index contributed by atoms with van der Waals surface area (Å²) in [6, 6.07) is 7.49. The maximum Gasteiger partial charge on any atom is 0.242 e. The number of nitrogens with one attached hydrogen (secondary N) is 2. The molecule has 1 unspecified atom stereocenters. The Bertz CT molecular complexity index is 545. The Labute approximate surface area is 121 Å². The summed E-state index contributed by atoms with van der Waals surface area (Å²) in [5.74, 6) is 0. The third-order valence-corrected chi connectivity index (χ3v) is 5.37. The van der Waals surface area contributed by atoms with E-state index in [-0.39, 0.29) is 0 Å². The summed E-state index contributed by atoms with van der Waals surface area (Å²) in [6.45, 7) is 1.88. The molecule has 1 atom stereocenters. The summed E-state index contributed by atoms with van der Waals surface area (Å²) in [7, 11) is 0.137. The van der Waals surface area contributed by atoms with Gasteiger partial charge in [-0.05, 0) is 45.6 Å². The van der Waals surface area contributed by atoms with Crippen LogP contribution in [0, 0.1) is 0 Å². The Morgan fingerprint density at radius 3 is 2.75 bits per heavy atom. The van der Waals surface area contributed by atoms with Gasteiger partial charge in [-0.2, -0.15) is 0 Å². The lowest BCUT2D eigenvalue weighted by atomic mass is 10.0. The average molecular weight is 297 g/mol. The molecular weight excluding hydrogens is 274 g/mol. The number of hydrogen-bond acceptors (Lipinski definition) is 4. The first-order valence-electron chi connectivity index (χ1n) is 7.01. The SMILES string of the molecule is CNS(=O)(=O)c1ccccc1NCC1CCCCN1C. The van der Waals surface area contributed by atoms with Crippen LogP contribution >= 0.6 is 0 Å². The number of nitrogens with zero attached hydrogens (tertiary/aromatic N) is 1. The number of benzene rings is 1. The maximum atomic E-state index is 12.0. The summed E-state index contributed by atoms with van der Waals surface area (Å²) in [6.07, 6.45) is 3.65. The van der Waals surface area contributed by atoms with Crippen LogP contribution in [0.5, 0.6) is 0 Å². The summed E-state index contributed by atoms with van der Waals surface area (Å²) < 4.78 is 26.3. The van der Waals surface area contributed by atoms with Gasteiger partial charge in [-0.1, -0.05) is 18.6 Å². The predicted octanol–water partition coefficient (Wildman–Crippen LogP) is 1.49. The van der Waals surface area contributed by atoms with E-state index in [9.17, 15) is 8.42 Å². The molecule has 1 fully saturated rings. The lowest BCUT2D eigenvalue weighted by molar-refractivity contribution is 0.194. The summed E-state index contributed by atoms with van der Waals surface area (Å²) in [5.41, 5.74) is 0.667. The van der Waals surface area contributed by atoms with Gasteiger partial charge >= 0.3 is 0 Å². The van der Waals surface area contributed by atoms with Crippen molar-refractivity contribution in [2.75, 3.05) is 32.5 Å². The number of likely N-dealkylation sites (tertiary alicyclic amines) is 1. The second-order valence-corrected chi connectivity index (χ2v) is 7.07. The Balaban J connectivity index is 2.10. The average Bonchev–Trinajstić information content (AvgIpc) is 2.47. The van der Waals surface area contributed by atoms with E-state index in [0.29, 0.717) is 16.6 Å². The number of para-hydroxylation sites is 1. The van der Waals surface area contributed by atoms with E-state index < -0.39 is 10.0 Å². The van der Waals surface area contributed by atoms with Crippen LogP contribution in [0.25, 0.3) is 0 Å². The second kappa shape index (κ2) is 6.56. The Kier molecular flexibility index (Phi) is 5.01. The molecule has 2 N–H and O–H groups in total. The first kappa shape index (κ1) is 15.3. The van der Waals surface area contributed by atoms with E-state index in [1.807, 2.05) is 12.1 Å². The molecule has 0 aromatic heterocycles. The van der Waals surface area contributed by atoms with Crippen LogP contribution in [0.1, 0.15) is 19.3 Å². The van der Waals surface area contributed by atoms with Gasteiger partial charge in [-0.3, -0.25) is 0 Å². The highest BCUT2D eigenvalue weighted by atomic mass is 32.2. The fourth-order valence-corrected chi connectivity index (χ4v) is 3.49. The van der Waals surface area contributed by atoms with Crippen molar-refractivity contribution in [1.29, 1.82) is 0 Å². The molecule has 0 aliphatic carbocycles. The van der Waals surface area contributed by atoms with Crippen molar-refractivity contribution in [3.8, 4) is 0 Å². The van der Waals surface area contributed by atoms with Gasteiger partial charge in [-0.15, -0.1) is 0 Å². The topological polar surface area (TPSA) is 61.4 Å². The van der Waals surface area contributed by atoms with E-state index in [1.54, 1.807) is 12.1 Å². The molecule has 0 spiro atoms. The summed E-state index contributed by atoms with van der Waals surface area (Å²) in [5, 5.41) is 3.29. The Morgan fingerprint density at radius 2 is 2.05 bits per heavy atom.